The van der Waals surface area contributed by atoms with Gasteiger partial charge in [0.25, 0.3) is 0 Å². The van der Waals surface area contributed by atoms with Gasteiger partial charge in [-0.1, -0.05) is 34.1 Å². The summed E-state index contributed by atoms with van der Waals surface area (Å²) < 4.78 is 0. The second-order valence-electron chi connectivity index (χ2n) is 5.33. The molecule has 2 N–H and O–H groups in total. The quantitative estimate of drug-likeness (QED) is 0.719. The van der Waals surface area contributed by atoms with E-state index >= 15 is 0 Å². The van der Waals surface area contributed by atoms with E-state index in [4.69, 9.17) is 0 Å². The van der Waals surface area contributed by atoms with Crippen molar-refractivity contribution in [2.45, 2.75) is 72.0 Å². The van der Waals surface area contributed by atoms with Crippen molar-refractivity contribution in [1.82, 2.24) is 0 Å². The molecule has 0 aliphatic carbocycles. The highest BCUT2D eigenvalue weighted by Crippen LogP contribution is 2.43. The van der Waals surface area contributed by atoms with E-state index < -0.39 is 11.2 Å². The summed E-state index contributed by atoms with van der Waals surface area (Å²) in [5, 5.41) is 20.7. The van der Waals surface area contributed by atoms with Crippen LogP contribution < -0.4 is 0 Å². The van der Waals surface area contributed by atoms with E-state index in [2.05, 4.69) is 0 Å². The van der Waals surface area contributed by atoms with Gasteiger partial charge in [-0.25, -0.2) is 0 Å². The zero-order valence-corrected chi connectivity index (χ0v) is 10.5. The van der Waals surface area contributed by atoms with Crippen LogP contribution >= 0.6 is 0 Å². The van der Waals surface area contributed by atoms with Crippen LogP contribution in [0.2, 0.25) is 0 Å². The average molecular weight is 202 g/mol. The van der Waals surface area contributed by atoms with Gasteiger partial charge in [-0.05, 0) is 32.1 Å². The summed E-state index contributed by atoms with van der Waals surface area (Å²) in [6.45, 7) is 11.5. The number of hydrogen-bond donors (Lipinski definition) is 2. The molecule has 0 aliphatic heterocycles. The summed E-state index contributed by atoms with van der Waals surface area (Å²) in [6, 6.07) is 0. The van der Waals surface area contributed by atoms with Gasteiger partial charge < -0.3 is 10.2 Å². The van der Waals surface area contributed by atoms with E-state index in [1.165, 1.54) is 0 Å². The minimum Gasteiger partial charge on any atom is -0.387 e. The summed E-state index contributed by atoms with van der Waals surface area (Å²) in [4.78, 5) is 0. The second kappa shape index (κ2) is 4.19. The largest absolute Gasteiger partial charge is 0.387 e. The van der Waals surface area contributed by atoms with Gasteiger partial charge in [0.15, 0.2) is 0 Å². The van der Waals surface area contributed by atoms with Crippen molar-refractivity contribution in [2.75, 3.05) is 0 Å². The fourth-order valence-corrected chi connectivity index (χ4v) is 1.80. The molecular weight excluding hydrogens is 176 g/mol. The molecule has 0 spiro atoms. The zero-order valence-electron chi connectivity index (χ0n) is 10.5. The lowest BCUT2D eigenvalue weighted by atomic mass is 9.64. The Morgan fingerprint density at radius 3 is 1.64 bits per heavy atom. The smallest absolute Gasteiger partial charge is 0.0953 e. The van der Waals surface area contributed by atoms with Gasteiger partial charge in [0.05, 0.1) is 11.2 Å². The van der Waals surface area contributed by atoms with E-state index in [1.807, 2.05) is 27.7 Å². The lowest BCUT2D eigenvalue weighted by molar-refractivity contribution is -0.193. The molecule has 0 heterocycles. The summed E-state index contributed by atoms with van der Waals surface area (Å²) >= 11 is 0. The molecule has 0 radical (unpaired) electrons. The Labute approximate surface area is 88.3 Å². The Balaban J connectivity index is 4.92. The first-order valence-corrected chi connectivity index (χ1v) is 5.57. The first-order valence-electron chi connectivity index (χ1n) is 5.57. The van der Waals surface area contributed by atoms with Crippen LogP contribution in [0.5, 0.6) is 0 Å². The molecule has 2 unspecified atom stereocenters. The van der Waals surface area contributed by atoms with Gasteiger partial charge in [-0.2, -0.15) is 0 Å². The third-order valence-corrected chi connectivity index (χ3v) is 3.99. The molecule has 0 aliphatic rings. The first-order chi connectivity index (χ1) is 6.12. The third kappa shape index (κ3) is 2.29. The fraction of sp³-hybridized carbons (Fsp3) is 1.00. The van der Waals surface area contributed by atoms with Crippen molar-refractivity contribution in [3.05, 3.63) is 0 Å². The normalized spacial score (nSPS) is 21.4. The van der Waals surface area contributed by atoms with Gasteiger partial charge in [-0.15, -0.1) is 0 Å². The van der Waals surface area contributed by atoms with Gasteiger partial charge in [-0.3, -0.25) is 0 Å². The van der Waals surface area contributed by atoms with Crippen molar-refractivity contribution >= 4 is 0 Å². The van der Waals surface area contributed by atoms with Crippen molar-refractivity contribution in [2.24, 2.45) is 5.41 Å². The van der Waals surface area contributed by atoms with Gasteiger partial charge >= 0.3 is 0 Å². The van der Waals surface area contributed by atoms with Crippen LogP contribution in [0.4, 0.5) is 0 Å². The summed E-state index contributed by atoms with van der Waals surface area (Å²) in [7, 11) is 0. The molecule has 0 aromatic carbocycles. The van der Waals surface area contributed by atoms with Crippen LogP contribution in [0.15, 0.2) is 0 Å². The van der Waals surface area contributed by atoms with Gasteiger partial charge in [0.2, 0.25) is 0 Å². The van der Waals surface area contributed by atoms with Crippen LogP contribution in [-0.4, -0.2) is 21.4 Å². The molecule has 2 nitrogen and oxygen atoms in total. The van der Waals surface area contributed by atoms with E-state index in [0.717, 1.165) is 12.8 Å². The lowest BCUT2D eigenvalue weighted by Crippen LogP contribution is -2.58. The van der Waals surface area contributed by atoms with Gasteiger partial charge in [0.1, 0.15) is 0 Å². The molecule has 0 fully saturated rings. The zero-order chi connectivity index (χ0) is 11.6. The molecule has 0 rings (SSSR count). The standard InChI is InChI=1S/C12H26O2/c1-7-9-11(5,13)12(6,14)10(3,4)8-2/h13-14H,7-9H2,1-6H3. The monoisotopic (exact) mass is 202 g/mol. The highest BCUT2D eigenvalue weighted by molar-refractivity contribution is 5.01. The third-order valence-electron chi connectivity index (χ3n) is 3.99. The number of rotatable bonds is 5. The molecular formula is C12H26O2. The molecule has 14 heavy (non-hydrogen) atoms. The van der Waals surface area contributed by atoms with Crippen LogP contribution in [0, 0.1) is 5.41 Å². The molecule has 0 saturated heterocycles. The fourth-order valence-electron chi connectivity index (χ4n) is 1.80. The van der Waals surface area contributed by atoms with E-state index in [1.54, 1.807) is 13.8 Å². The van der Waals surface area contributed by atoms with E-state index in [9.17, 15) is 10.2 Å². The second-order valence-corrected chi connectivity index (χ2v) is 5.33. The maximum absolute atomic E-state index is 10.5. The summed E-state index contributed by atoms with van der Waals surface area (Å²) in [5.74, 6) is 0. The Kier molecular flexibility index (Phi) is 4.17. The lowest BCUT2D eigenvalue weighted by Gasteiger charge is -2.49. The SMILES string of the molecule is CCCC(C)(O)C(C)(O)C(C)(C)CC. The van der Waals surface area contributed by atoms with Crippen LogP contribution in [-0.2, 0) is 0 Å². The molecule has 2 atom stereocenters. The highest BCUT2D eigenvalue weighted by Gasteiger charge is 2.50. The van der Waals surface area contributed by atoms with E-state index in [-0.39, 0.29) is 5.41 Å². The Morgan fingerprint density at radius 2 is 1.36 bits per heavy atom. The molecule has 0 saturated carbocycles. The number of aliphatic hydroxyl groups is 2. The minimum atomic E-state index is -1.05. The molecule has 0 aromatic heterocycles. The minimum absolute atomic E-state index is 0.272. The van der Waals surface area contributed by atoms with Crippen molar-refractivity contribution in [3.63, 3.8) is 0 Å². The van der Waals surface area contributed by atoms with Crippen LogP contribution in [0.25, 0.3) is 0 Å². The Hall–Kier alpha value is -0.0800. The van der Waals surface area contributed by atoms with Crippen molar-refractivity contribution in [1.29, 1.82) is 0 Å². The van der Waals surface area contributed by atoms with Crippen LogP contribution in [0.1, 0.15) is 60.8 Å². The van der Waals surface area contributed by atoms with Gasteiger partial charge in [0, 0.05) is 0 Å². The van der Waals surface area contributed by atoms with Crippen LogP contribution in [0.3, 0.4) is 0 Å². The topological polar surface area (TPSA) is 40.5 Å². The number of hydrogen-bond acceptors (Lipinski definition) is 2. The first kappa shape index (κ1) is 13.9. The average Bonchev–Trinajstić information content (AvgIpc) is 2.03. The summed E-state index contributed by atoms with van der Waals surface area (Å²) in [6.07, 6.45) is 2.35. The Morgan fingerprint density at radius 1 is 0.929 bits per heavy atom. The molecule has 0 amide bonds. The summed E-state index contributed by atoms with van der Waals surface area (Å²) in [5.41, 5.74) is -2.34. The van der Waals surface area contributed by atoms with E-state index in [0.29, 0.717) is 6.42 Å². The predicted octanol–water partition coefficient (Wildman–Crippen LogP) is 2.72. The van der Waals surface area contributed by atoms with Crippen molar-refractivity contribution in [3.8, 4) is 0 Å². The molecule has 2 heteroatoms. The molecule has 0 aromatic rings. The molecule has 86 valence electrons. The molecule has 0 bridgehead atoms. The maximum atomic E-state index is 10.5. The maximum Gasteiger partial charge on any atom is 0.0953 e. The van der Waals surface area contributed by atoms with Crippen molar-refractivity contribution < 1.29 is 10.2 Å². The Bertz CT molecular complexity index is 181. The predicted molar refractivity (Wildman–Crippen MR) is 60.2 cm³/mol. The highest BCUT2D eigenvalue weighted by atomic mass is 16.4.